The highest BCUT2D eigenvalue weighted by Gasteiger charge is 2.31. The molecule has 0 saturated carbocycles. The van der Waals surface area contributed by atoms with E-state index in [0.29, 0.717) is 27.3 Å². The van der Waals surface area contributed by atoms with Gasteiger partial charge in [0, 0.05) is 24.3 Å². The van der Waals surface area contributed by atoms with E-state index < -0.39 is 5.97 Å². The summed E-state index contributed by atoms with van der Waals surface area (Å²) in [4.78, 5) is 29.3. The molecule has 2 aromatic rings. The van der Waals surface area contributed by atoms with E-state index in [1.165, 1.54) is 4.90 Å². The van der Waals surface area contributed by atoms with Crippen LogP contribution in [0.25, 0.3) is 17.0 Å². The second kappa shape index (κ2) is 7.84. The lowest BCUT2D eigenvalue weighted by atomic mass is 10.2. The average Bonchev–Trinajstić information content (AvgIpc) is 2.87. The van der Waals surface area contributed by atoms with Crippen LogP contribution in [0.4, 0.5) is 0 Å². The van der Waals surface area contributed by atoms with Crippen molar-refractivity contribution in [2.75, 3.05) is 13.2 Å². The summed E-state index contributed by atoms with van der Waals surface area (Å²) in [7, 11) is 0. The summed E-state index contributed by atoms with van der Waals surface area (Å²) >= 11 is 6.30. The largest absolute Gasteiger partial charge is 0.550 e. The van der Waals surface area contributed by atoms with Gasteiger partial charge in [-0.1, -0.05) is 42.2 Å². The molecule has 1 amide bonds. The summed E-state index contributed by atoms with van der Waals surface area (Å²) in [5.74, 6) is -0.856. The van der Waals surface area contributed by atoms with Crippen LogP contribution < -0.4 is 9.84 Å². The fourth-order valence-electron chi connectivity index (χ4n) is 2.52. The van der Waals surface area contributed by atoms with Gasteiger partial charge in [0.1, 0.15) is 15.6 Å². The number of thiocarbonyl (C=S) groups is 1. The van der Waals surface area contributed by atoms with Crippen LogP contribution in [0.5, 0.6) is 5.75 Å². The van der Waals surface area contributed by atoms with Crippen molar-refractivity contribution >= 4 is 57.2 Å². The lowest BCUT2D eigenvalue weighted by Gasteiger charge is -2.14. The third kappa shape index (κ3) is 3.86. The Morgan fingerprint density at radius 3 is 2.92 bits per heavy atom. The normalized spacial score (nSPS) is 15.9. The van der Waals surface area contributed by atoms with E-state index in [0.717, 1.165) is 22.7 Å². The number of para-hydroxylation sites is 1. The van der Waals surface area contributed by atoms with Gasteiger partial charge >= 0.3 is 0 Å². The van der Waals surface area contributed by atoms with Crippen LogP contribution in [0, 0.1) is 0 Å². The molecule has 134 valence electrons. The summed E-state index contributed by atoms with van der Waals surface area (Å²) < 4.78 is 5.94. The topological polar surface area (TPSA) is 82.6 Å². The van der Waals surface area contributed by atoms with Crippen LogP contribution >= 0.6 is 24.0 Å². The summed E-state index contributed by atoms with van der Waals surface area (Å²) in [6.45, 7) is 2.44. The Balaban J connectivity index is 1.90. The number of hydrogen-bond donors (Lipinski definition) is 0. The summed E-state index contributed by atoms with van der Waals surface area (Å²) in [5.41, 5.74) is 1.32. The molecular formula is C18H15N2O4S2-. The number of fused-ring (bicyclic) bond motifs is 1. The molecule has 0 radical (unpaired) electrons. The van der Waals surface area contributed by atoms with Gasteiger partial charge in [0.05, 0.1) is 17.2 Å². The summed E-state index contributed by atoms with van der Waals surface area (Å²) in [6, 6.07) is 9.41. The highest BCUT2D eigenvalue weighted by atomic mass is 32.2. The number of rotatable bonds is 6. The minimum Gasteiger partial charge on any atom is -0.550 e. The molecule has 1 aliphatic rings. The van der Waals surface area contributed by atoms with Crippen molar-refractivity contribution in [3.63, 3.8) is 0 Å². The number of carboxylic acid groups (broad SMARTS) is 1. The molecular weight excluding hydrogens is 372 g/mol. The van der Waals surface area contributed by atoms with Gasteiger partial charge in [-0.05, 0) is 25.1 Å². The Labute approximate surface area is 159 Å². The molecule has 1 aromatic heterocycles. The zero-order chi connectivity index (χ0) is 18.7. The number of amides is 1. The van der Waals surface area contributed by atoms with Crippen molar-refractivity contribution in [1.29, 1.82) is 0 Å². The first-order valence-corrected chi connectivity index (χ1v) is 9.20. The second-order valence-electron chi connectivity index (χ2n) is 5.45. The molecule has 0 spiro atoms. The molecule has 0 atom stereocenters. The quantitative estimate of drug-likeness (QED) is 0.554. The van der Waals surface area contributed by atoms with Gasteiger partial charge < -0.3 is 14.6 Å². The molecule has 1 aliphatic heterocycles. The number of carbonyl (C=O) groups is 2. The average molecular weight is 387 g/mol. The Hall–Kier alpha value is -2.45. The van der Waals surface area contributed by atoms with Crippen molar-refractivity contribution in [2.45, 2.75) is 13.3 Å². The molecule has 1 fully saturated rings. The van der Waals surface area contributed by atoms with Crippen LogP contribution in [0.15, 0.2) is 35.2 Å². The maximum atomic E-state index is 12.4. The molecule has 0 N–H and O–H groups in total. The Kier molecular flexibility index (Phi) is 5.53. The van der Waals surface area contributed by atoms with E-state index in [9.17, 15) is 14.7 Å². The highest BCUT2D eigenvalue weighted by molar-refractivity contribution is 8.26. The van der Waals surface area contributed by atoms with E-state index in [1.807, 2.05) is 37.3 Å². The lowest BCUT2D eigenvalue weighted by Crippen LogP contribution is -2.33. The van der Waals surface area contributed by atoms with Crippen LogP contribution in [-0.4, -0.2) is 39.2 Å². The van der Waals surface area contributed by atoms with Crippen molar-refractivity contribution in [3.8, 4) is 5.75 Å². The highest BCUT2D eigenvalue weighted by Crippen LogP contribution is 2.33. The second-order valence-corrected chi connectivity index (χ2v) is 7.13. The number of aromatic nitrogens is 1. The fourth-order valence-corrected chi connectivity index (χ4v) is 3.81. The predicted molar refractivity (Wildman–Crippen MR) is 102 cm³/mol. The zero-order valence-electron chi connectivity index (χ0n) is 13.9. The molecule has 2 heterocycles. The molecule has 0 aliphatic carbocycles. The van der Waals surface area contributed by atoms with E-state index >= 15 is 0 Å². The van der Waals surface area contributed by atoms with E-state index in [2.05, 4.69) is 4.98 Å². The third-order valence-electron chi connectivity index (χ3n) is 3.70. The third-order valence-corrected chi connectivity index (χ3v) is 5.07. The fraction of sp³-hybridized carbons (Fsp3) is 0.222. The number of pyridine rings is 1. The van der Waals surface area contributed by atoms with Crippen molar-refractivity contribution in [1.82, 2.24) is 9.88 Å². The standard InChI is InChI=1S/C18H16N2O4S2/c1-2-24-13-5-3-4-11-6-7-12(19-16(11)13)10-14-17(23)20(18(25)26-14)9-8-15(21)22/h3-7,10H,2,8-9H2,1H3,(H,21,22)/p-1/b14-10-. The van der Waals surface area contributed by atoms with Gasteiger partial charge in [0.25, 0.3) is 5.91 Å². The van der Waals surface area contributed by atoms with Gasteiger partial charge in [-0.3, -0.25) is 9.69 Å². The number of carbonyl (C=O) groups excluding carboxylic acids is 2. The van der Waals surface area contributed by atoms with Crippen molar-refractivity contribution in [2.24, 2.45) is 0 Å². The molecule has 3 rings (SSSR count). The van der Waals surface area contributed by atoms with Gasteiger partial charge in [0.2, 0.25) is 0 Å². The summed E-state index contributed by atoms with van der Waals surface area (Å²) in [6.07, 6.45) is 1.39. The predicted octanol–water partition coefficient (Wildman–Crippen LogP) is 1.97. The maximum absolute atomic E-state index is 12.4. The smallest absolute Gasteiger partial charge is 0.266 e. The molecule has 0 bridgehead atoms. The first-order valence-electron chi connectivity index (χ1n) is 7.97. The number of thioether (sulfide) groups is 1. The first kappa shape index (κ1) is 18.3. The summed E-state index contributed by atoms with van der Waals surface area (Å²) in [5, 5.41) is 11.6. The van der Waals surface area contributed by atoms with Crippen LogP contribution in [0.2, 0.25) is 0 Å². The number of ether oxygens (including phenoxy) is 1. The number of hydrogen-bond acceptors (Lipinski definition) is 7. The first-order chi connectivity index (χ1) is 12.5. The molecule has 6 nitrogen and oxygen atoms in total. The molecule has 1 saturated heterocycles. The number of nitrogens with zero attached hydrogens (tertiary/aromatic N) is 2. The van der Waals surface area contributed by atoms with E-state index in [-0.39, 0.29) is 18.9 Å². The van der Waals surface area contributed by atoms with Crippen molar-refractivity contribution < 1.29 is 19.4 Å². The van der Waals surface area contributed by atoms with Crippen molar-refractivity contribution in [3.05, 3.63) is 40.9 Å². The SMILES string of the molecule is CCOc1cccc2ccc(/C=C3\SC(=S)N(CCC(=O)[O-])C3=O)nc12. The number of carboxylic acids is 1. The minimum absolute atomic E-state index is 0.00395. The van der Waals surface area contributed by atoms with Gasteiger partial charge in [-0.15, -0.1) is 0 Å². The molecule has 26 heavy (non-hydrogen) atoms. The van der Waals surface area contributed by atoms with Crippen LogP contribution in [0.1, 0.15) is 19.0 Å². The monoisotopic (exact) mass is 387 g/mol. The number of benzene rings is 1. The van der Waals surface area contributed by atoms with Crippen LogP contribution in [0.3, 0.4) is 0 Å². The Morgan fingerprint density at radius 2 is 2.19 bits per heavy atom. The molecule has 8 heteroatoms. The molecule has 0 unspecified atom stereocenters. The Bertz CT molecular complexity index is 927. The number of aliphatic carboxylic acids is 1. The lowest BCUT2D eigenvalue weighted by molar-refractivity contribution is -0.305. The molecule has 1 aromatic carbocycles. The van der Waals surface area contributed by atoms with Gasteiger partial charge in [0.15, 0.2) is 0 Å². The zero-order valence-corrected chi connectivity index (χ0v) is 15.6. The Morgan fingerprint density at radius 1 is 1.38 bits per heavy atom. The maximum Gasteiger partial charge on any atom is 0.266 e. The minimum atomic E-state index is -1.22. The van der Waals surface area contributed by atoms with E-state index in [1.54, 1.807) is 6.08 Å². The van der Waals surface area contributed by atoms with Gasteiger partial charge in [-0.25, -0.2) is 4.98 Å². The van der Waals surface area contributed by atoms with E-state index in [4.69, 9.17) is 17.0 Å². The van der Waals surface area contributed by atoms with Crippen LogP contribution in [-0.2, 0) is 9.59 Å². The van der Waals surface area contributed by atoms with Gasteiger partial charge in [-0.2, -0.15) is 0 Å².